The molecule has 0 amide bonds. The minimum atomic E-state index is 0.0643. The van der Waals surface area contributed by atoms with Gasteiger partial charge >= 0.3 is 0 Å². The van der Waals surface area contributed by atoms with Crippen molar-refractivity contribution in [2.75, 3.05) is 19.7 Å². The molecule has 0 aromatic carbocycles. The van der Waals surface area contributed by atoms with Crippen LogP contribution in [0.4, 0.5) is 0 Å². The lowest BCUT2D eigenvalue weighted by molar-refractivity contribution is -0.104. The molecule has 0 radical (unpaired) electrons. The molecule has 4 rings (SSSR count). The molecule has 3 heterocycles. The number of nitrogens with one attached hydrogen (secondary N) is 1. The second kappa shape index (κ2) is 8.00. The third-order valence-corrected chi connectivity index (χ3v) is 6.59. The van der Waals surface area contributed by atoms with E-state index in [4.69, 9.17) is 15.0 Å². The average molecular weight is 367 g/mol. The van der Waals surface area contributed by atoms with E-state index >= 15 is 0 Å². The quantitative estimate of drug-likeness (QED) is 0.858. The first-order valence-electron chi connectivity index (χ1n) is 10.4. The zero-order valence-corrected chi connectivity index (χ0v) is 16.1. The lowest BCUT2D eigenvalue weighted by Crippen LogP contribution is -2.48. The molecule has 5 heteroatoms. The van der Waals surface area contributed by atoms with E-state index in [2.05, 4.69) is 28.6 Å². The van der Waals surface area contributed by atoms with Crippen LogP contribution in [0, 0.1) is 11.3 Å². The van der Waals surface area contributed by atoms with E-state index < -0.39 is 0 Å². The third-order valence-electron chi connectivity index (χ3n) is 6.59. The number of nitrogens with zero attached hydrogens (tertiary/aromatic N) is 3. The third kappa shape index (κ3) is 4.02. The highest BCUT2D eigenvalue weighted by atomic mass is 16.5. The van der Waals surface area contributed by atoms with E-state index in [1.807, 2.05) is 18.5 Å². The largest absolute Gasteiger partial charge is 0.375 e. The molecular formula is C22H30N4O. The van der Waals surface area contributed by atoms with Crippen molar-refractivity contribution in [1.29, 1.82) is 5.26 Å². The van der Waals surface area contributed by atoms with E-state index in [0.29, 0.717) is 0 Å². The van der Waals surface area contributed by atoms with Gasteiger partial charge in [-0.2, -0.15) is 5.26 Å². The molecular weight excluding hydrogens is 336 g/mol. The minimum Gasteiger partial charge on any atom is -0.375 e. The highest BCUT2D eigenvalue weighted by molar-refractivity contribution is 5.22. The number of hydrazine groups is 1. The monoisotopic (exact) mass is 366 g/mol. The van der Waals surface area contributed by atoms with E-state index in [1.54, 1.807) is 0 Å². The van der Waals surface area contributed by atoms with Gasteiger partial charge in [0.25, 0.3) is 0 Å². The molecule has 1 aromatic rings. The summed E-state index contributed by atoms with van der Waals surface area (Å²) < 4.78 is 6.32. The molecule has 27 heavy (non-hydrogen) atoms. The van der Waals surface area contributed by atoms with Crippen LogP contribution in [0.2, 0.25) is 0 Å². The molecule has 1 atom stereocenters. The van der Waals surface area contributed by atoms with Gasteiger partial charge in [0.05, 0.1) is 11.7 Å². The van der Waals surface area contributed by atoms with Crippen molar-refractivity contribution in [2.45, 2.75) is 68.8 Å². The van der Waals surface area contributed by atoms with Gasteiger partial charge in [-0.3, -0.25) is 4.98 Å². The molecule has 3 aliphatic rings. The lowest BCUT2D eigenvalue weighted by atomic mass is 9.68. The highest BCUT2D eigenvalue weighted by Crippen LogP contribution is 2.49. The SMILES string of the molecule is N#CC1=CN(NCC[C@@]2(c3ccccn3)CCOC3(CCCC3)C2)CCC1. The van der Waals surface area contributed by atoms with Crippen LogP contribution >= 0.6 is 0 Å². The zero-order valence-electron chi connectivity index (χ0n) is 16.1. The summed E-state index contributed by atoms with van der Waals surface area (Å²) in [5.74, 6) is 0. The summed E-state index contributed by atoms with van der Waals surface area (Å²) in [6.07, 6.45) is 13.9. The second-order valence-electron chi connectivity index (χ2n) is 8.38. The highest BCUT2D eigenvalue weighted by Gasteiger charge is 2.48. The normalized spacial score (nSPS) is 27.4. The summed E-state index contributed by atoms with van der Waals surface area (Å²) in [4.78, 5) is 4.77. The van der Waals surface area contributed by atoms with Gasteiger partial charge in [-0.05, 0) is 57.1 Å². The first kappa shape index (κ1) is 18.5. The molecule has 144 valence electrons. The van der Waals surface area contributed by atoms with Crippen LogP contribution in [0.5, 0.6) is 0 Å². The van der Waals surface area contributed by atoms with Crippen molar-refractivity contribution in [3.8, 4) is 6.07 Å². The molecule has 1 spiro atoms. The number of allylic oxidation sites excluding steroid dienone is 1. The zero-order chi connectivity index (χ0) is 18.6. The van der Waals surface area contributed by atoms with Crippen molar-refractivity contribution < 1.29 is 4.74 Å². The summed E-state index contributed by atoms with van der Waals surface area (Å²) in [6.45, 7) is 2.69. The second-order valence-corrected chi connectivity index (χ2v) is 8.38. The topological polar surface area (TPSA) is 61.2 Å². The Morgan fingerprint density at radius 1 is 1.22 bits per heavy atom. The number of pyridine rings is 1. The Balaban J connectivity index is 1.48. The molecule has 1 aliphatic carbocycles. The van der Waals surface area contributed by atoms with Crippen molar-refractivity contribution in [3.63, 3.8) is 0 Å². The standard InChI is InChI=1S/C22H30N4O/c23-16-19-6-5-14-26(17-19)25-13-10-21(20-7-1-4-12-24-20)11-15-27-22(18-21)8-2-3-9-22/h1,4,7,12,17,25H,2-3,5-6,8-11,13-15,18H2/t21-/m1/s1. The van der Waals surface area contributed by atoms with Gasteiger partial charge in [0.1, 0.15) is 0 Å². The number of nitriles is 1. The van der Waals surface area contributed by atoms with Gasteiger partial charge in [-0.25, -0.2) is 5.43 Å². The number of hydrogen-bond acceptors (Lipinski definition) is 5. The Kier molecular flexibility index (Phi) is 5.47. The fraction of sp³-hybridized carbons (Fsp3) is 0.636. The number of rotatable bonds is 5. The summed E-state index contributed by atoms with van der Waals surface area (Å²) in [7, 11) is 0. The Morgan fingerprint density at radius 3 is 2.89 bits per heavy atom. The van der Waals surface area contributed by atoms with Gasteiger partial charge in [0.15, 0.2) is 0 Å². The van der Waals surface area contributed by atoms with E-state index in [9.17, 15) is 0 Å². The van der Waals surface area contributed by atoms with Crippen LogP contribution in [0.3, 0.4) is 0 Å². The van der Waals surface area contributed by atoms with Gasteiger partial charge in [-0.15, -0.1) is 0 Å². The first-order valence-corrected chi connectivity index (χ1v) is 10.4. The molecule has 0 bridgehead atoms. The number of hydrogen-bond donors (Lipinski definition) is 1. The Hall–Kier alpha value is -1.90. The Bertz CT molecular complexity index is 705. The van der Waals surface area contributed by atoms with Crippen LogP contribution in [-0.2, 0) is 10.2 Å². The predicted molar refractivity (Wildman–Crippen MR) is 105 cm³/mol. The summed E-state index contributed by atoms with van der Waals surface area (Å²) in [6, 6.07) is 8.60. The average Bonchev–Trinajstić information content (AvgIpc) is 3.16. The maximum absolute atomic E-state index is 9.15. The predicted octanol–water partition coefficient (Wildman–Crippen LogP) is 3.84. The fourth-order valence-corrected chi connectivity index (χ4v) is 5.20. The van der Waals surface area contributed by atoms with Gasteiger partial charge in [0, 0.05) is 48.8 Å². The van der Waals surface area contributed by atoms with E-state index in [-0.39, 0.29) is 11.0 Å². The molecule has 1 saturated heterocycles. The van der Waals surface area contributed by atoms with Crippen molar-refractivity contribution in [3.05, 3.63) is 41.9 Å². The Labute approximate surface area is 162 Å². The summed E-state index contributed by atoms with van der Waals surface area (Å²) in [5, 5.41) is 11.2. The van der Waals surface area contributed by atoms with Crippen LogP contribution in [0.1, 0.15) is 63.5 Å². The minimum absolute atomic E-state index is 0.0643. The van der Waals surface area contributed by atoms with Crippen LogP contribution in [-0.4, -0.2) is 35.3 Å². The van der Waals surface area contributed by atoms with Crippen LogP contribution < -0.4 is 5.43 Å². The van der Waals surface area contributed by atoms with Gasteiger partial charge < -0.3 is 9.75 Å². The number of aromatic nitrogens is 1. The van der Waals surface area contributed by atoms with Gasteiger partial charge in [-0.1, -0.05) is 18.9 Å². The molecule has 1 aromatic heterocycles. The Morgan fingerprint density at radius 2 is 2.11 bits per heavy atom. The fourth-order valence-electron chi connectivity index (χ4n) is 5.20. The molecule has 2 aliphatic heterocycles. The molecule has 2 fully saturated rings. The van der Waals surface area contributed by atoms with Crippen molar-refractivity contribution >= 4 is 0 Å². The maximum Gasteiger partial charge on any atom is 0.0962 e. The summed E-state index contributed by atoms with van der Waals surface area (Å²) >= 11 is 0. The van der Waals surface area contributed by atoms with E-state index in [1.165, 1.54) is 31.4 Å². The maximum atomic E-state index is 9.15. The van der Waals surface area contributed by atoms with E-state index in [0.717, 1.165) is 57.4 Å². The molecule has 5 nitrogen and oxygen atoms in total. The van der Waals surface area contributed by atoms with Crippen LogP contribution in [0.25, 0.3) is 0 Å². The van der Waals surface area contributed by atoms with Crippen LogP contribution in [0.15, 0.2) is 36.2 Å². The molecule has 1 N–H and O–H groups in total. The summed E-state index contributed by atoms with van der Waals surface area (Å²) in [5.41, 5.74) is 5.77. The first-order chi connectivity index (χ1) is 13.2. The number of ether oxygens (including phenoxy) is 1. The van der Waals surface area contributed by atoms with Gasteiger partial charge in [0.2, 0.25) is 0 Å². The van der Waals surface area contributed by atoms with Crippen molar-refractivity contribution in [1.82, 2.24) is 15.4 Å². The lowest BCUT2D eigenvalue weighted by Gasteiger charge is -2.46. The molecule has 0 unspecified atom stereocenters. The molecule has 1 saturated carbocycles. The smallest absolute Gasteiger partial charge is 0.0962 e. The van der Waals surface area contributed by atoms with Crippen molar-refractivity contribution in [2.24, 2.45) is 0 Å².